The highest BCUT2D eigenvalue weighted by molar-refractivity contribution is 9.11. The Bertz CT molecular complexity index is 677. The SMILES string of the molecule is O=C(NNC(=O)c1nc(Cl)ccc1Cl)c1ccc(Br)s1. The van der Waals surface area contributed by atoms with E-state index in [0.717, 1.165) is 3.79 Å². The molecule has 0 bridgehead atoms. The van der Waals surface area contributed by atoms with E-state index in [0.29, 0.717) is 4.88 Å². The van der Waals surface area contributed by atoms with Gasteiger partial charge in [-0.3, -0.25) is 20.4 Å². The molecule has 9 heteroatoms. The molecule has 20 heavy (non-hydrogen) atoms. The highest BCUT2D eigenvalue weighted by Crippen LogP contribution is 2.21. The van der Waals surface area contributed by atoms with Crippen LogP contribution in [-0.2, 0) is 0 Å². The lowest BCUT2D eigenvalue weighted by molar-refractivity contribution is 0.0846. The van der Waals surface area contributed by atoms with E-state index in [-0.39, 0.29) is 15.9 Å². The zero-order chi connectivity index (χ0) is 14.7. The predicted molar refractivity (Wildman–Crippen MR) is 81.2 cm³/mol. The highest BCUT2D eigenvalue weighted by atomic mass is 79.9. The Hall–Kier alpha value is -1.15. The van der Waals surface area contributed by atoms with Crippen LogP contribution < -0.4 is 10.9 Å². The first kappa shape index (κ1) is 15.2. The van der Waals surface area contributed by atoms with Crippen molar-refractivity contribution in [1.82, 2.24) is 15.8 Å². The van der Waals surface area contributed by atoms with Gasteiger partial charge in [0.1, 0.15) is 10.8 Å². The zero-order valence-electron chi connectivity index (χ0n) is 9.62. The molecule has 2 amide bonds. The summed E-state index contributed by atoms with van der Waals surface area (Å²) in [7, 11) is 0. The second-order valence-corrected chi connectivity index (χ2v) is 6.73. The van der Waals surface area contributed by atoms with Crippen molar-refractivity contribution in [2.45, 2.75) is 0 Å². The molecule has 0 aliphatic rings. The van der Waals surface area contributed by atoms with Crippen molar-refractivity contribution < 1.29 is 9.59 Å². The van der Waals surface area contributed by atoms with Crippen LogP contribution in [-0.4, -0.2) is 16.8 Å². The molecule has 0 aromatic carbocycles. The van der Waals surface area contributed by atoms with Gasteiger partial charge in [-0.15, -0.1) is 11.3 Å². The van der Waals surface area contributed by atoms with E-state index in [1.165, 1.54) is 23.5 Å². The summed E-state index contributed by atoms with van der Waals surface area (Å²) in [4.78, 5) is 27.8. The van der Waals surface area contributed by atoms with Gasteiger partial charge in [-0.25, -0.2) is 4.98 Å². The molecule has 0 spiro atoms. The lowest BCUT2D eigenvalue weighted by atomic mass is 10.3. The van der Waals surface area contributed by atoms with Crippen LogP contribution in [0.15, 0.2) is 28.1 Å². The number of hydrogen-bond donors (Lipinski definition) is 2. The summed E-state index contributed by atoms with van der Waals surface area (Å²) in [5.74, 6) is -1.09. The fraction of sp³-hybridized carbons (Fsp3) is 0. The van der Waals surface area contributed by atoms with Crippen LogP contribution in [0.25, 0.3) is 0 Å². The van der Waals surface area contributed by atoms with Gasteiger partial charge in [0.15, 0.2) is 0 Å². The summed E-state index contributed by atoms with van der Waals surface area (Å²) in [5.41, 5.74) is 4.43. The minimum Gasteiger partial charge on any atom is -0.266 e. The lowest BCUT2D eigenvalue weighted by Gasteiger charge is -2.07. The molecule has 2 aromatic heterocycles. The van der Waals surface area contributed by atoms with E-state index in [2.05, 4.69) is 31.8 Å². The second-order valence-electron chi connectivity index (χ2n) is 3.48. The van der Waals surface area contributed by atoms with Crippen molar-refractivity contribution in [3.05, 3.63) is 48.8 Å². The Morgan fingerprint density at radius 3 is 2.45 bits per heavy atom. The third-order valence-electron chi connectivity index (χ3n) is 2.11. The van der Waals surface area contributed by atoms with E-state index < -0.39 is 11.8 Å². The first-order valence-corrected chi connectivity index (χ1v) is 7.52. The average Bonchev–Trinajstić information content (AvgIpc) is 2.85. The topological polar surface area (TPSA) is 71.1 Å². The molecule has 0 aliphatic heterocycles. The summed E-state index contributed by atoms with van der Waals surface area (Å²) in [5, 5.41) is 0.271. The number of pyridine rings is 1. The van der Waals surface area contributed by atoms with E-state index in [4.69, 9.17) is 23.2 Å². The van der Waals surface area contributed by atoms with E-state index in [1.807, 2.05) is 0 Å². The number of thiophene rings is 1. The fourth-order valence-electron chi connectivity index (χ4n) is 1.25. The van der Waals surface area contributed by atoms with E-state index in [9.17, 15) is 9.59 Å². The number of carbonyl (C=O) groups is 2. The molecule has 0 fully saturated rings. The maximum atomic E-state index is 11.8. The smallest absolute Gasteiger partial charge is 0.266 e. The number of amides is 2. The van der Waals surface area contributed by atoms with Gasteiger partial charge in [-0.1, -0.05) is 23.2 Å². The number of hydrogen-bond acceptors (Lipinski definition) is 4. The minimum atomic E-state index is -0.651. The van der Waals surface area contributed by atoms with Crippen LogP contribution in [0.4, 0.5) is 0 Å². The van der Waals surface area contributed by atoms with Crippen molar-refractivity contribution in [2.24, 2.45) is 0 Å². The number of carbonyl (C=O) groups excluding carboxylic acids is 2. The molecule has 0 atom stereocenters. The van der Waals surface area contributed by atoms with Crippen LogP contribution in [0.1, 0.15) is 20.2 Å². The number of aromatic nitrogens is 1. The summed E-state index contributed by atoms with van der Waals surface area (Å²) in [6.45, 7) is 0. The van der Waals surface area contributed by atoms with Gasteiger partial charge in [-0.2, -0.15) is 0 Å². The molecule has 2 rings (SSSR count). The molecule has 0 saturated heterocycles. The molecule has 104 valence electrons. The molecular weight excluding hydrogens is 389 g/mol. The van der Waals surface area contributed by atoms with Crippen molar-refractivity contribution in [3.63, 3.8) is 0 Å². The van der Waals surface area contributed by atoms with Gasteiger partial charge >= 0.3 is 0 Å². The highest BCUT2D eigenvalue weighted by Gasteiger charge is 2.15. The molecule has 5 nitrogen and oxygen atoms in total. The Kier molecular flexibility index (Phi) is 4.98. The third-order valence-corrected chi connectivity index (χ3v) is 4.25. The predicted octanol–water partition coefficient (Wildman–Crippen LogP) is 3.29. The van der Waals surface area contributed by atoms with E-state index >= 15 is 0 Å². The molecule has 2 N–H and O–H groups in total. The van der Waals surface area contributed by atoms with Crippen molar-refractivity contribution >= 4 is 62.3 Å². The maximum absolute atomic E-state index is 11.8. The van der Waals surface area contributed by atoms with Gasteiger partial charge in [0.05, 0.1) is 13.7 Å². The van der Waals surface area contributed by atoms with Crippen LogP contribution in [0, 0.1) is 0 Å². The minimum absolute atomic E-state index is 0.0631. The molecule has 0 radical (unpaired) electrons. The van der Waals surface area contributed by atoms with E-state index in [1.54, 1.807) is 12.1 Å². The van der Waals surface area contributed by atoms with Crippen LogP contribution in [0.5, 0.6) is 0 Å². The summed E-state index contributed by atoms with van der Waals surface area (Å²) < 4.78 is 0.813. The van der Waals surface area contributed by atoms with Crippen molar-refractivity contribution in [2.75, 3.05) is 0 Å². The maximum Gasteiger partial charge on any atom is 0.289 e. The van der Waals surface area contributed by atoms with Crippen LogP contribution >= 0.6 is 50.5 Å². The zero-order valence-corrected chi connectivity index (χ0v) is 13.5. The monoisotopic (exact) mass is 393 g/mol. The number of hydrazine groups is 1. The normalized spacial score (nSPS) is 10.2. The Balaban J connectivity index is 2.02. The molecule has 2 aromatic rings. The average molecular weight is 395 g/mol. The lowest BCUT2D eigenvalue weighted by Crippen LogP contribution is -2.41. The number of nitrogens with zero attached hydrogens (tertiary/aromatic N) is 1. The Morgan fingerprint density at radius 2 is 1.80 bits per heavy atom. The summed E-state index contributed by atoms with van der Waals surface area (Å²) in [6.07, 6.45) is 0. The van der Waals surface area contributed by atoms with Gasteiger partial charge in [0.2, 0.25) is 0 Å². The van der Waals surface area contributed by atoms with Gasteiger partial charge in [0.25, 0.3) is 11.8 Å². The summed E-state index contributed by atoms with van der Waals surface area (Å²) >= 11 is 16.0. The van der Waals surface area contributed by atoms with Crippen molar-refractivity contribution in [3.8, 4) is 0 Å². The molecule has 2 heterocycles. The fourth-order valence-corrected chi connectivity index (χ4v) is 2.87. The second kappa shape index (κ2) is 6.53. The molecule has 0 aliphatic carbocycles. The van der Waals surface area contributed by atoms with Gasteiger partial charge < -0.3 is 0 Å². The largest absolute Gasteiger partial charge is 0.289 e. The first-order valence-electron chi connectivity index (χ1n) is 5.15. The Labute approximate surface area is 136 Å². The molecule has 0 saturated carbocycles. The number of nitrogens with one attached hydrogen (secondary N) is 2. The van der Waals surface area contributed by atoms with Crippen LogP contribution in [0.2, 0.25) is 10.2 Å². The number of rotatable bonds is 2. The van der Waals surface area contributed by atoms with Crippen LogP contribution in [0.3, 0.4) is 0 Å². The van der Waals surface area contributed by atoms with Crippen molar-refractivity contribution in [1.29, 1.82) is 0 Å². The summed E-state index contributed by atoms with van der Waals surface area (Å²) in [6, 6.07) is 6.27. The standard InChI is InChI=1S/C11H6BrCl2N3O2S/c12-7-3-2-6(20-7)10(18)16-17-11(19)9-5(13)1-4-8(14)15-9/h1-4H,(H,16,18)(H,17,19). The third kappa shape index (κ3) is 3.69. The molecular formula is C11H6BrCl2N3O2S. The number of halogens is 3. The quantitative estimate of drug-likeness (QED) is 0.606. The first-order chi connectivity index (χ1) is 9.47. The Morgan fingerprint density at radius 1 is 1.10 bits per heavy atom. The van der Waals surface area contributed by atoms with Gasteiger partial charge in [-0.05, 0) is 40.2 Å². The van der Waals surface area contributed by atoms with Gasteiger partial charge in [0, 0.05) is 0 Å². The molecule has 0 unspecified atom stereocenters.